The maximum atomic E-state index is 13.2. The topological polar surface area (TPSA) is 75.4 Å². The number of phenols is 1. The van der Waals surface area contributed by atoms with Crippen molar-refractivity contribution in [2.75, 3.05) is 11.1 Å². The zero-order valence-corrected chi connectivity index (χ0v) is 11.5. The molecule has 104 valence electrons. The summed E-state index contributed by atoms with van der Waals surface area (Å²) >= 11 is 11.7. The van der Waals surface area contributed by atoms with Crippen LogP contribution in [0.15, 0.2) is 30.3 Å². The summed E-state index contributed by atoms with van der Waals surface area (Å²) < 4.78 is 13.2. The Labute approximate surface area is 123 Å². The zero-order chi connectivity index (χ0) is 14.9. The van der Waals surface area contributed by atoms with E-state index in [9.17, 15) is 9.18 Å². The summed E-state index contributed by atoms with van der Waals surface area (Å²) in [4.78, 5) is 12.0. The van der Waals surface area contributed by atoms with Crippen molar-refractivity contribution in [2.45, 2.75) is 0 Å². The van der Waals surface area contributed by atoms with Gasteiger partial charge in [0.2, 0.25) is 0 Å². The lowest BCUT2D eigenvalue weighted by Gasteiger charge is -2.08. The third-order valence-corrected chi connectivity index (χ3v) is 3.17. The number of anilines is 2. The van der Waals surface area contributed by atoms with E-state index in [2.05, 4.69) is 5.32 Å². The molecule has 0 unspecified atom stereocenters. The maximum absolute atomic E-state index is 13.2. The molecule has 0 heterocycles. The van der Waals surface area contributed by atoms with Gasteiger partial charge < -0.3 is 16.2 Å². The van der Waals surface area contributed by atoms with E-state index in [0.29, 0.717) is 0 Å². The highest BCUT2D eigenvalue weighted by molar-refractivity contribution is 6.39. The molecular weight excluding hydrogens is 306 g/mol. The van der Waals surface area contributed by atoms with E-state index in [0.717, 1.165) is 12.1 Å². The predicted octanol–water partition coefficient (Wildman–Crippen LogP) is 3.67. The normalized spacial score (nSPS) is 10.3. The summed E-state index contributed by atoms with van der Waals surface area (Å²) in [5.41, 5.74) is 6.12. The Morgan fingerprint density at radius 1 is 1.20 bits per heavy atom. The van der Waals surface area contributed by atoms with Crippen molar-refractivity contribution < 1.29 is 14.3 Å². The van der Waals surface area contributed by atoms with Gasteiger partial charge in [-0.25, -0.2) is 4.39 Å². The Kier molecular flexibility index (Phi) is 4.01. The third-order valence-electron chi connectivity index (χ3n) is 2.55. The van der Waals surface area contributed by atoms with Crippen LogP contribution >= 0.6 is 23.2 Å². The number of benzene rings is 2. The number of rotatable bonds is 2. The number of nitrogen functional groups attached to an aromatic ring is 1. The fourth-order valence-electron chi connectivity index (χ4n) is 1.50. The van der Waals surface area contributed by atoms with E-state index in [1.54, 1.807) is 0 Å². The molecular formula is C13H9Cl2FN2O2. The predicted molar refractivity (Wildman–Crippen MR) is 76.9 cm³/mol. The van der Waals surface area contributed by atoms with Crippen molar-refractivity contribution in [3.63, 3.8) is 0 Å². The average Bonchev–Trinajstić information content (AvgIpc) is 2.39. The number of aromatic hydroxyl groups is 1. The summed E-state index contributed by atoms with van der Waals surface area (Å²) in [6.07, 6.45) is 0. The van der Waals surface area contributed by atoms with E-state index in [4.69, 9.17) is 34.0 Å². The number of hydrogen-bond donors (Lipinski definition) is 3. The molecule has 0 spiro atoms. The van der Waals surface area contributed by atoms with Crippen LogP contribution in [0.5, 0.6) is 5.75 Å². The Morgan fingerprint density at radius 2 is 1.80 bits per heavy atom. The van der Waals surface area contributed by atoms with Gasteiger partial charge in [0, 0.05) is 17.3 Å². The molecule has 0 aliphatic carbocycles. The zero-order valence-electron chi connectivity index (χ0n) is 9.95. The highest BCUT2D eigenvalue weighted by atomic mass is 35.5. The summed E-state index contributed by atoms with van der Waals surface area (Å²) in [7, 11) is 0. The highest BCUT2D eigenvalue weighted by Gasteiger charge is 2.12. The largest absolute Gasteiger partial charge is 0.505 e. The lowest BCUT2D eigenvalue weighted by Crippen LogP contribution is -2.12. The minimum atomic E-state index is -0.837. The number of phenolic OH excluding ortho intramolecular Hbond substituents is 1. The molecule has 0 saturated carbocycles. The number of halogens is 3. The molecule has 1 amide bonds. The molecule has 0 bridgehead atoms. The highest BCUT2D eigenvalue weighted by Crippen LogP contribution is 2.29. The molecule has 0 aliphatic heterocycles. The number of carbonyl (C=O) groups excluding carboxylic acids is 1. The van der Waals surface area contributed by atoms with Crippen LogP contribution in [0.25, 0.3) is 0 Å². The van der Waals surface area contributed by atoms with E-state index >= 15 is 0 Å². The Balaban J connectivity index is 2.26. The van der Waals surface area contributed by atoms with Crippen molar-refractivity contribution in [3.8, 4) is 5.75 Å². The second-order valence-corrected chi connectivity index (χ2v) is 4.79. The maximum Gasteiger partial charge on any atom is 0.255 e. The van der Waals surface area contributed by atoms with Gasteiger partial charge >= 0.3 is 0 Å². The smallest absolute Gasteiger partial charge is 0.255 e. The molecule has 2 aromatic rings. The number of nitrogens with two attached hydrogens (primary N) is 1. The van der Waals surface area contributed by atoms with Gasteiger partial charge in [-0.15, -0.1) is 0 Å². The van der Waals surface area contributed by atoms with E-state index in [-0.39, 0.29) is 27.0 Å². The minimum Gasteiger partial charge on any atom is -0.505 e. The minimum absolute atomic E-state index is 0.152. The van der Waals surface area contributed by atoms with Gasteiger partial charge in [0.25, 0.3) is 5.91 Å². The molecule has 0 atom stereocenters. The Hall–Kier alpha value is -1.98. The van der Waals surface area contributed by atoms with Crippen molar-refractivity contribution in [1.29, 1.82) is 0 Å². The molecule has 0 aliphatic rings. The molecule has 2 rings (SSSR count). The molecule has 0 saturated heterocycles. The second-order valence-electron chi connectivity index (χ2n) is 3.97. The van der Waals surface area contributed by atoms with Crippen LogP contribution < -0.4 is 11.1 Å². The third kappa shape index (κ3) is 2.95. The van der Waals surface area contributed by atoms with Crippen LogP contribution in [0.1, 0.15) is 10.4 Å². The monoisotopic (exact) mass is 314 g/mol. The van der Waals surface area contributed by atoms with Gasteiger partial charge in [0.1, 0.15) is 0 Å². The summed E-state index contributed by atoms with van der Waals surface area (Å²) in [5, 5.41) is 11.8. The first kappa shape index (κ1) is 14.4. The quantitative estimate of drug-likeness (QED) is 0.584. The first-order valence-electron chi connectivity index (χ1n) is 5.43. The van der Waals surface area contributed by atoms with Crippen LogP contribution in [-0.2, 0) is 0 Å². The molecule has 4 N–H and O–H groups in total. The van der Waals surface area contributed by atoms with E-state index in [1.165, 1.54) is 18.2 Å². The van der Waals surface area contributed by atoms with Gasteiger partial charge in [0.05, 0.1) is 15.7 Å². The number of amides is 1. The average molecular weight is 315 g/mol. The van der Waals surface area contributed by atoms with Gasteiger partial charge in [-0.1, -0.05) is 23.2 Å². The van der Waals surface area contributed by atoms with E-state index in [1.807, 2.05) is 0 Å². The summed E-state index contributed by atoms with van der Waals surface area (Å²) in [5.74, 6) is -1.86. The molecule has 0 radical (unpaired) electrons. The molecule has 7 heteroatoms. The lowest BCUT2D eigenvalue weighted by molar-refractivity contribution is 0.102. The van der Waals surface area contributed by atoms with Crippen LogP contribution in [0.4, 0.5) is 15.8 Å². The SMILES string of the molecule is Nc1c(Cl)cc(C(=O)Nc2ccc(O)c(F)c2)cc1Cl. The number of nitrogens with one attached hydrogen (secondary N) is 1. The van der Waals surface area contributed by atoms with Crippen LogP contribution in [0, 0.1) is 5.82 Å². The number of hydrogen-bond acceptors (Lipinski definition) is 3. The van der Waals surface area contributed by atoms with Crippen molar-refractivity contribution in [1.82, 2.24) is 0 Å². The van der Waals surface area contributed by atoms with Crippen molar-refractivity contribution >= 4 is 40.5 Å². The van der Waals surface area contributed by atoms with Crippen LogP contribution in [-0.4, -0.2) is 11.0 Å². The van der Waals surface area contributed by atoms with Gasteiger partial charge in [0.15, 0.2) is 11.6 Å². The first-order valence-corrected chi connectivity index (χ1v) is 6.18. The lowest BCUT2D eigenvalue weighted by atomic mass is 10.2. The summed E-state index contributed by atoms with van der Waals surface area (Å²) in [6.45, 7) is 0. The van der Waals surface area contributed by atoms with Gasteiger partial charge in [-0.3, -0.25) is 4.79 Å². The van der Waals surface area contributed by atoms with E-state index < -0.39 is 17.5 Å². The summed E-state index contributed by atoms with van der Waals surface area (Å²) in [6, 6.07) is 6.20. The van der Waals surface area contributed by atoms with Crippen molar-refractivity contribution in [3.05, 3.63) is 51.8 Å². The molecule has 0 aromatic heterocycles. The fraction of sp³-hybridized carbons (Fsp3) is 0. The molecule has 4 nitrogen and oxygen atoms in total. The van der Waals surface area contributed by atoms with Crippen LogP contribution in [0.2, 0.25) is 10.0 Å². The second kappa shape index (κ2) is 5.56. The fourth-order valence-corrected chi connectivity index (χ4v) is 1.99. The van der Waals surface area contributed by atoms with Gasteiger partial charge in [-0.2, -0.15) is 0 Å². The van der Waals surface area contributed by atoms with Crippen molar-refractivity contribution in [2.24, 2.45) is 0 Å². The Bertz CT molecular complexity index is 669. The molecule has 2 aromatic carbocycles. The van der Waals surface area contributed by atoms with Crippen LogP contribution in [0.3, 0.4) is 0 Å². The molecule has 0 fully saturated rings. The number of carbonyl (C=O) groups is 1. The first-order chi connectivity index (χ1) is 9.38. The molecule has 20 heavy (non-hydrogen) atoms. The van der Waals surface area contributed by atoms with Gasteiger partial charge in [-0.05, 0) is 24.3 Å². The Morgan fingerprint density at radius 3 is 2.35 bits per heavy atom. The standard InChI is InChI=1S/C13H9Cl2FN2O2/c14-8-3-6(4-9(15)12(8)17)13(20)18-7-1-2-11(19)10(16)5-7/h1-5,19H,17H2,(H,18,20).